The summed E-state index contributed by atoms with van der Waals surface area (Å²) in [4.78, 5) is 0. The fourth-order valence-corrected chi connectivity index (χ4v) is 8.73. The van der Waals surface area contributed by atoms with Crippen molar-refractivity contribution in [2.45, 2.75) is 169 Å². The second kappa shape index (κ2) is 14.7. The SMILES string of the molecule is CCCC(C)(CCc1cc(C2CCC(C)CC2)cc(C(C)(C)C)c1O)c1cc(C(c2cc(C(C)(C)C)c(O)cc2C)C(C)C)c(C)cc1O. The molecule has 0 heterocycles. The average molecular weight is 669 g/mol. The summed E-state index contributed by atoms with van der Waals surface area (Å²) >= 11 is 0. The topological polar surface area (TPSA) is 60.7 Å². The van der Waals surface area contributed by atoms with Crippen molar-refractivity contribution in [3.05, 3.63) is 86.5 Å². The van der Waals surface area contributed by atoms with E-state index in [1.54, 1.807) is 0 Å². The lowest BCUT2D eigenvalue weighted by Gasteiger charge is -2.34. The fraction of sp³-hybridized carbons (Fsp3) is 0.609. The Hall–Kier alpha value is -2.94. The Morgan fingerprint density at radius 3 is 1.67 bits per heavy atom. The molecule has 1 aliphatic rings. The van der Waals surface area contributed by atoms with Gasteiger partial charge in [-0.1, -0.05) is 120 Å². The quantitative estimate of drug-likeness (QED) is 0.201. The maximum absolute atomic E-state index is 11.7. The van der Waals surface area contributed by atoms with Crippen molar-refractivity contribution in [2.75, 3.05) is 0 Å². The number of phenols is 3. The molecule has 0 spiro atoms. The zero-order valence-electron chi connectivity index (χ0n) is 33.3. The Morgan fingerprint density at radius 1 is 0.673 bits per heavy atom. The molecule has 3 aromatic carbocycles. The minimum atomic E-state index is -0.284. The van der Waals surface area contributed by atoms with E-state index in [-0.39, 0.29) is 22.2 Å². The summed E-state index contributed by atoms with van der Waals surface area (Å²) in [5.74, 6) is 2.94. The first-order chi connectivity index (χ1) is 22.7. The van der Waals surface area contributed by atoms with Gasteiger partial charge in [0.25, 0.3) is 0 Å². The van der Waals surface area contributed by atoms with Gasteiger partial charge in [0, 0.05) is 11.5 Å². The molecule has 2 unspecified atom stereocenters. The molecule has 0 bridgehead atoms. The molecule has 1 fully saturated rings. The molecule has 3 nitrogen and oxygen atoms in total. The monoisotopic (exact) mass is 669 g/mol. The first kappa shape index (κ1) is 38.9. The number of hydrogen-bond donors (Lipinski definition) is 3. The highest BCUT2D eigenvalue weighted by molar-refractivity contribution is 5.54. The Bertz CT molecular complexity index is 1610. The molecule has 1 saturated carbocycles. The van der Waals surface area contributed by atoms with Crippen LogP contribution in [0.2, 0.25) is 0 Å². The summed E-state index contributed by atoms with van der Waals surface area (Å²) in [6.07, 6.45) is 8.51. The van der Waals surface area contributed by atoms with Crippen molar-refractivity contribution in [2.24, 2.45) is 11.8 Å². The molecule has 1 aliphatic carbocycles. The molecule has 0 aromatic heterocycles. The van der Waals surface area contributed by atoms with E-state index in [4.69, 9.17) is 0 Å². The molecule has 3 heteroatoms. The predicted octanol–water partition coefficient (Wildman–Crippen LogP) is 12.8. The molecular formula is C46H68O3. The molecule has 270 valence electrons. The smallest absolute Gasteiger partial charge is 0.122 e. The van der Waals surface area contributed by atoms with Gasteiger partial charge in [0.05, 0.1) is 0 Å². The van der Waals surface area contributed by atoms with Crippen molar-refractivity contribution in [3.63, 3.8) is 0 Å². The minimum Gasteiger partial charge on any atom is -0.508 e. The molecule has 3 N–H and O–H groups in total. The van der Waals surface area contributed by atoms with E-state index in [1.807, 2.05) is 12.1 Å². The van der Waals surface area contributed by atoms with Crippen LogP contribution in [0, 0.1) is 25.7 Å². The molecule has 4 rings (SSSR count). The zero-order chi connectivity index (χ0) is 36.6. The van der Waals surface area contributed by atoms with E-state index < -0.39 is 0 Å². The van der Waals surface area contributed by atoms with Crippen molar-refractivity contribution >= 4 is 0 Å². The van der Waals surface area contributed by atoms with Crippen molar-refractivity contribution < 1.29 is 15.3 Å². The van der Waals surface area contributed by atoms with Gasteiger partial charge < -0.3 is 15.3 Å². The van der Waals surface area contributed by atoms with Crippen LogP contribution in [-0.2, 0) is 22.7 Å². The van der Waals surface area contributed by atoms with Crippen LogP contribution in [0.1, 0.15) is 183 Å². The molecule has 2 atom stereocenters. The summed E-state index contributed by atoms with van der Waals surface area (Å²) in [6.45, 7) is 28.8. The van der Waals surface area contributed by atoms with Gasteiger partial charge in [0.15, 0.2) is 0 Å². The Balaban J connectivity index is 1.80. The molecule has 3 aromatic rings. The average Bonchev–Trinajstić information content (AvgIpc) is 2.98. The molecule has 0 amide bonds. The van der Waals surface area contributed by atoms with Crippen LogP contribution in [-0.4, -0.2) is 15.3 Å². The van der Waals surface area contributed by atoms with Gasteiger partial charge in [-0.2, -0.15) is 0 Å². The van der Waals surface area contributed by atoms with E-state index in [0.717, 1.165) is 65.0 Å². The van der Waals surface area contributed by atoms with Crippen molar-refractivity contribution in [3.8, 4) is 17.2 Å². The lowest BCUT2D eigenvalue weighted by atomic mass is 9.70. The molecule has 0 saturated heterocycles. The molecule has 49 heavy (non-hydrogen) atoms. The zero-order valence-corrected chi connectivity index (χ0v) is 33.3. The molecule has 0 radical (unpaired) electrons. The molecule has 0 aliphatic heterocycles. The Kier molecular flexibility index (Phi) is 11.7. The first-order valence-electron chi connectivity index (χ1n) is 19.2. The van der Waals surface area contributed by atoms with Crippen LogP contribution in [0.25, 0.3) is 0 Å². The third kappa shape index (κ3) is 8.51. The van der Waals surface area contributed by atoms with Gasteiger partial charge in [-0.3, -0.25) is 0 Å². The number of benzene rings is 3. The lowest BCUT2D eigenvalue weighted by Crippen LogP contribution is -2.24. The van der Waals surface area contributed by atoms with Gasteiger partial charge in [0.1, 0.15) is 17.2 Å². The van der Waals surface area contributed by atoms with Gasteiger partial charge >= 0.3 is 0 Å². The number of rotatable bonds is 10. The first-order valence-corrected chi connectivity index (χ1v) is 19.2. The largest absolute Gasteiger partial charge is 0.508 e. The van der Waals surface area contributed by atoms with Crippen LogP contribution < -0.4 is 0 Å². The van der Waals surface area contributed by atoms with Crippen LogP contribution >= 0.6 is 0 Å². The van der Waals surface area contributed by atoms with Crippen molar-refractivity contribution in [1.82, 2.24) is 0 Å². The highest BCUT2D eigenvalue weighted by Gasteiger charge is 2.34. The lowest BCUT2D eigenvalue weighted by molar-refractivity contribution is 0.346. The van der Waals surface area contributed by atoms with Crippen LogP contribution in [0.5, 0.6) is 17.2 Å². The van der Waals surface area contributed by atoms with E-state index in [0.29, 0.717) is 29.1 Å². The summed E-state index contributed by atoms with van der Waals surface area (Å²) < 4.78 is 0. The summed E-state index contributed by atoms with van der Waals surface area (Å²) in [5, 5.41) is 34.3. The Labute approximate surface area is 299 Å². The maximum atomic E-state index is 11.7. The van der Waals surface area contributed by atoms with Crippen LogP contribution in [0.3, 0.4) is 0 Å². The third-order valence-corrected chi connectivity index (χ3v) is 11.8. The van der Waals surface area contributed by atoms with Gasteiger partial charge in [-0.25, -0.2) is 0 Å². The predicted molar refractivity (Wildman–Crippen MR) is 209 cm³/mol. The van der Waals surface area contributed by atoms with Crippen LogP contribution in [0.4, 0.5) is 0 Å². The minimum absolute atomic E-state index is 0.111. The van der Waals surface area contributed by atoms with Gasteiger partial charge in [-0.15, -0.1) is 0 Å². The van der Waals surface area contributed by atoms with Gasteiger partial charge in [-0.05, 0) is 137 Å². The van der Waals surface area contributed by atoms with E-state index in [1.165, 1.54) is 42.4 Å². The second-order valence-electron chi connectivity index (χ2n) is 18.5. The maximum Gasteiger partial charge on any atom is 0.122 e. The van der Waals surface area contributed by atoms with E-state index >= 15 is 0 Å². The highest BCUT2D eigenvalue weighted by Crippen LogP contribution is 2.47. The third-order valence-electron chi connectivity index (χ3n) is 11.8. The second-order valence-corrected chi connectivity index (χ2v) is 18.5. The summed E-state index contributed by atoms with van der Waals surface area (Å²) in [7, 11) is 0. The number of hydrogen-bond acceptors (Lipinski definition) is 3. The normalized spacial score (nSPS) is 19.2. The highest BCUT2D eigenvalue weighted by atomic mass is 16.3. The number of phenolic OH excluding ortho intramolecular Hbond substituents is 3. The summed E-state index contributed by atoms with van der Waals surface area (Å²) in [5.41, 5.74) is 9.49. The Morgan fingerprint density at radius 2 is 1.18 bits per heavy atom. The molecular weight excluding hydrogens is 601 g/mol. The fourth-order valence-electron chi connectivity index (χ4n) is 8.73. The van der Waals surface area contributed by atoms with Crippen molar-refractivity contribution in [1.29, 1.82) is 0 Å². The standard InChI is InChI=1S/C46H68O3/c1-14-20-46(13,21-19-33-24-34(32-17-15-29(4)16-18-32)25-39(43(33)49)45(10,11)12)38-27-36(31(6)23-41(38)48)42(28(2)3)35-26-37(44(7,8)9)40(47)22-30(35)5/h22-29,32,42,47-49H,14-21H2,1-13H3. The summed E-state index contributed by atoms with van der Waals surface area (Å²) in [6, 6.07) is 13.0. The number of aryl methyl sites for hydroxylation is 3. The number of aromatic hydroxyl groups is 3. The van der Waals surface area contributed by atoms with Crippen LogP contribution in [0.15, 0.2) is 36.4 Å². The van der Waals surface area contributed by atoms with E-state index in [2.05, 4.69) is 114 Å². The van der Waals surface area contributed by atoms with Gasteiger partial charge in [0.2, 0.25) is 0 Å². The van der Waals surface area contributed by atoms with E-state index in [9.17, 15) is 15.3 Å².